The van der Waals surface area contributed by atoms with Gasteiger partial charge in [-0.25, -0.2) is 23.0 Å². The summed E-state index contributed by atoms with van der Waals surface area (Å²) in [4.78, 5) is 34.9. The van der Waals surface area contributed by atoms with Crippen LogP contribution in [0.15, 0.2) is 96.0 Å². The van der Waals surface area contributed by atoms with E-state index < -0.39 is 37.0 Å². The summed E-state index contributed by atoms with van der Waals surface area (Å²) >= 11 is 7.51. The van der Waals surface area contributed by atoms with Crippen molar-refractivity contribution in [1.82, 2.24) is 19.8 Å². The van der Waals surface area contributed by atoms with Gasteiger partial charge in [0, 0.05) is 53.5 Å². The molecule has 14 heteroatoms. The van der Waals surface area contributed by atoms with Crippen LogP contribution in [0.1, 0.15) is 111 Å². The molecule has 5 aromatic carbocycles. The van der Waals surface area contributed by atoms with Gasteiger partial charge in [0.05, 0.1) is 39.6 Å². The fourth-order valence-electron chi connectivity index (χ4n) is 13.1. The number of carbonyl (C=O) groups is 1. The number of fused-ring (bicyclic) bond motifs is 5. The molecule has 0 spiro atoms. The van der Waals surface area contributed by atoms with Crippen molar-refractivity contribution in [3.63, 3.8) is 0 Å². The van der Waals surface area contributed by atoms with Crippen LogP contribution >= 0.6 is 11.6 Å². The van der Waals surface area contributed by atoms with Crippen molar-refractivity contribution in [2.75, 3.05) is 37.7 Å². The van der Waals surface area contributed by atoms with Gasteiger partial charge >= 0.3 is 12.1 Å². The number of anilines is 1. The lowest BCUT2D eigenvalue weighted by Crippen LogP contribution is -2.57. The summed E-state index contributed by atoms with van der Waals surface area (Å²) in [6.07, 6.45) is 2.18. The van der Waals surface area contributed by atoms with E-state index in [4.69, 9.17) is 36.0 Å². The van der Waals surface area contributed by atoms with Crippen LogP contribution in [-0.4, -0.2) is 102 Å². The third-order valence-corrected chi connectivity index (χ3v) is 23.0. The number of piperazine rings is 1. The molecule has 4 aliphatic heterocycles. The highest BCUT2D eigenvalue weighted by atomic mass is 35.5. The molecule has 0 N–H and O–H groups in total. The molecule has 0 aliphatic carbocycles. The summed E-state index contributed by atoms with van der Waals surface area (Å²) in [5.41, 5.74) is 6.72. The van der Waals surface area contributed by atoms with Gasteiger partial charge in [0.2, 0.25) is 0 Å². The summed E-state index contributed by atoms with van der Waals surface area (Å²) < 4.78 is 63.1. The van der Waals surface area contributed by atoms with Crippen molar-refractivity contribution in [3.8, 4) is 28.6 Å². The summed E-state index contributed by atoms with van der Waals surface area (Å²) in [7, 11) is -2.41. The van der Waals surface area contributed by atoms with Crippen LogP contribution in [0.25, 0.3) is 32.8 Å². The van der Waals surface area contributed by atoms with Crippen LogP contribution in [0.5, 0.6) is 6.01 Å². The Hall–Kier alpha value is -5.94. The van der Waals surface area contributed by atoms with Crippen LogP contribution in [0.3, 0.4) is 0 Å². The molecule has 75 heavy (non-hydrogen) atoms. The number of halogens is 4. The Labute approximate surface area is 445 Å². The molecule has 0 radical (unpaired) electrons. The first-order chi connectivity index (χ1) is 35.8. The van der Waals surface area contributed by atoms with E-state index in [9.17, 15) is 4.79 Å². The number of alkyl halides is 1. The number of carbonyl (C=O) groups excluding carboxylic acids is 1. The minimum absolute atomic E-state index is 0.00275. The average Bonchev–Trinajstić information content (AvgIpc) is 3.99. The Morgan fingerprint density at radius 1 is 0.880 bits per heavy atom. The maximum atomic E-state index is 18.7. The highest BCUT2D eigenvalue weighted by Gasteiger charge is 2.50. The predicted molar refractivity (Wildman–Crippen MR) is 299 cm³/mol. The summed E-state index contributed by atoms with van der Waals surface area (Å²) in [6.45, 7) is 20.9. The van der Waals surface area contributed by atoms with E-state index in [0.29, 0.717) is 65.0 Å². The monoisotopic (exact) mass is 1050 g/mol. The van der Waals surface area contributed by atoms with Crippen molar-refractivity contribution in [2.45, 2.75) is 140 Å². The molecule has 1 aromatic heterocycles. The first-order valence-electron chi connectivity index (χ1n) is 26.7. The van der Waals surface area contributed by atoms with Gasteiger partial charge in [0.1, 0.15) is 43.6 Å². The second-order valence-electron chi connectivity index (χ2n) is 23.2. The van der Waals surface area contributed by atoms with Gasteiger partial charge in [-0.2, -0.15) is 9.97 Å². The molecule has 0 saturated carbocycles. The zero-order valence-corrected chi connectivity index (χ0v) is 46.4. The molecule has 9 nitrogen and oxygen atoms in total. The highest BCUT2D eigenvalue weighted by molar-refractivity contribution is 6.90. The maximum absolute atomic E-state index is 18.7. The summed E-state index contributed by atoms with van der Waals surface area (Å²) in [5.74, 6) is 2.55. The van der Waals surface area contributed by atoms with Crippen LogP contribution in [0.2, 0.25) is 21.6 Å². The number of nitrogens with zero attached hydrogens (tertiary/aromatic N) is 6. The lowest BCUT2D eigenvalue weighted by Gasteiger charge is -2.42. The van der Waals surface area contributed by atoms with Crippen LogP contribution in [0, 0.1) is 23.1 Å². The van der Waals surface area contributed by atoms with Gasteiger partial charge in [-0.3, -0.25) is 9.80 Å². The number of hydrogen-bond acceptors (Lipinski definition) is 8. The van der Waals surface area contributed by atoms with E-state index in [1.54, 1.807) is 18.2 Å². The van der Waals surface area contributed by atoms with Gasteiger partial charge in [0.15, 0.2) is 5.82 Å². The third-order valence-electron chi connectivity index (χ3n) is 16.4. The number of benzene rings is 5. The number of ether oxygens (including phenoxy) is 2. The zero-order valence-electron chi connectivity index (χ0n) is 44.6. The van der Waals surface area contributed by atoms with Gasteiger partial charge in [-0.05, 0) is 105 Å². The molecule has 4 atom stereocenters. The van der Waals surface area contributed by atoms with Crippen molar-refractivity contribution in [3.05, 3.63) is 124 Å². The Morgan fingerprint density at radius 2 is 1.52 bits per heavy atom. The van der Waals surface area contributed by atoms with Crippen LogP contribution in [0.4, 0.5) is 29.5 Å². The van der Waals surface area contributed by atoms with E-state index in [1.807, 2.05) is 92.4 Å². The SMILES string of the molecule is CC(C)[Si](C#Cc1c(F)ccc2cc(N=C(c3ccccc3)c3ccccc3)cc(-c3c(Cl)cc4c(N5CC6CCC(C5)N6C(=O)OC(C)(C)C)nc(OC[C@@]56CCCN5C[C@H](F)C6)nc4c3F)c12)(C(C)C)C(C)C. The second-order valence-corrected chi connectivity index (χ2v) is 29.2. The molecule has 4 saturated heterocycles. The van der Waals surface area contributed by atoms with E-state index in [1.165, 1.54) is 6.07 Å². The quantitative estimate of drug-likeness (QED) is 0.0726. The Balaban J connectivity index is 1.20. The van der Waals surface area contributed by atoms with E-state index in [2.05, 4.69) is 62.8 Å². The first kappa shape index (κ1) is 52.5. The van der Waals surface area contributed by atoms with Gasteiger partial charge in [0.25, 0.3) is 0 Å². The lowest BCUT2D eigenvalue weighted by atomic mass is 9.92. The van der Waals surface area contributed by atoms with Gasteiger partial charge in [-0.15, -0.1) is 5.54 Å². The van der Waals surface area contributed by atoms with E-state index in [-0.39, 0.29) is 69.1 Å². The largest absolute Gasteiger partial charge is 0.461 e. The fraction of sp³-hybridized carbons (Fsp3) is 0.443. The number of amides is 1. The van der Waals surface area contributed by atoms with Gasteiger partial charge in [-0.1, -0.05) is 126 Å². The molecule has 4 aliphatic rings. The summed E-state index contributed by atoms with van der Waals surface area (Å²) in [5, 5.41) is 1.42. The van der Waals surface area contributed by atoms with Gasteiger partial charge < -0.3 is 14.4 Å². The molecule has 5 heterocycles. The van der Waals surface area contributed by atoms with Crippen molar-refractivity contribution in [2.24, 2.45) is 4.99 Å². The Kier molecular flexibility index (Phi) is 14.4. The normalized spacial score (nSPS) is 20.8. The molecule has 10 rings (SSSR count). The summed E-state index contributed by atoms with van der Waals surface area (Å²) in [6, 6.07) is 27.8. The number of aromatic nitrogens is 2. The Morgan fingerprint density at radius 3 is 2.13 bits per heavy atom. The standard InChI is InChI=1S/C61H68ClF3N6O3Si/c1-37(2)75(38(3)4,39(5)6)28-25-47-51(64)24-21-42-29-44(66-55(40-17-12-10-13-18-40)41-19-14-11-15-20-41)30-48(52(42)47)53-50(62)31-49-56(54(53)65)67-58(73-36-61-26-16-27-70(61)33-43(63)32-61)68-57(49)69-34-45-22-23-46(35-69)71(45)59(72)74-60(7,8)9/h10-15,17-21,24,29-31,37-39,43,45-46H,16,22-23,26-27,32-36H2,1-9H3/t43-,45?,46?,61+/m1/s1. The first-order valence-corrected chi connectivity index (χ1v) is 29.3. The third kappa shape index (κ3) is 9.92. The van der Waals surface area contributed by atoms with Crippen LogP contribution in [-0.2, 0) is 4.74 Å². The average molecular weight is 1050 g/mol. The molecule has 2 bridgehead atoms. The molecule has 392 valence electrons. The molecule has 6 aromatic rings. The number of rotatable bonds is 11. The van der Waals surface area contributed by atoms with Crippen molar-refractivity contribution >= 4 is 64.7 Å². The van der Waals surface area contributed by atoms with Crippen molar-refractivity contribution in [1.29, 1.82) is 0 Å². The smallest absolute Gasteiger partial charge is 0.410 e. The predicted octanol–water partition coefficient (Wildman–Crippen LogP) is 14.7. The maximum Gasteiger partial charge on any atom is 0.410 e. The minimum Gasteiger partial charge on any atom is -0.461 e. The number of hydrogen-bond donors (Lipinski definition) is 0. The molecular weight excluding hydrogens is 985 g/mol. The molecular formula is C61H68ClF3N6O3Si. The highest BCUT2D eigenvalue weighted by Crippen LogP contribution is 2.47. The molecule has 1 amide bonds. The second kappa shape index (κ2) is 20.5. The lowest BCUT2D eigenvalue weighted by molar-refractivity contribution is 0.0122. The zero-order chi connectivity index (χ0) is 53.1. The Bertz CT molecular complexity index is 3170. The fourth-order valence-corrected chi connectivity index (χ4v) is 18.6. The van der Waals surface area contributed by atoms with E-state index >= 15 is 13.2 Å². The van der Waals surface area contributed by atoms with Crippen molar-refractivity contribution < 1.29 is 27.4 Å². The molecule has 2 unspecified atom stereocenters. The van der Waals surface area contributed by atoms with E-state index in [0.717, 1.165) is 43.4 Å². The minimum atomic E-state index is -2.41. The number of aliphatic imine (C=N–C) groups is 1. The topological polar surface area (TPSA) is 83.4 Å². The molecule has 4 fully saturated rings. The van der Waals surface area contributed by atoms with Crippen LogP contribution < -0.4 is 9.64 Å².